The Labute approximate surface area is 65.7 Å². The molecule has 2 heteroatoms. The molecule has 3 N–H and O–H groups in total. The molecule has 0 saturated heterocycles. The van der Waals surface area contributed by atoms with Gasteiger partial charge in [0, 0.05) is 0 Å². The molecule has 0 unspecified atom stereocenters. The van der Waals surface area contributed by atoms with Crippen LogP contribution in [0.4, 0.5) is 0 Å². The summed E-state index contributed by atoms with van der Waals surface area (Å²) < 4.78 is 1.52. The van der Waals surface area contributed by atoms with Crippen molar-refractivity contribution in [2.45, 2.75) is 0 Å². The van der Waals surface area contributed by atoms with Crippen molar-refractivity contribution < 1.29 is 26.1 Å². The first kappa shape index (κ1) is 8.12. The van der Waals surface area contributed by atoms with Gasteiger partial charge in [-0.2, -0.15) is 0 Å². The van der Waals surface area contributed by atoms with E-state index in [9.17, 15) is 0 Å². The van der Waals surface area contributed by atoms with Crippen molar-refractivity contribution in [2.75, 3.05) is 0 Å². The zero-order valence-electron chi connectivity index (χ0n) is 4.80. The van der Waals surface area contributed by atoms with Gasteiger partial charge in [-0.1, -0.05) is 0 Å². The van der Waals surface area contributed by atoms with E-state index in [1.807, 2.05) is 0 Å². The molecule has 0 fully saturated rings. The number of hydrogen-bond acceptors (Lipinski definition) is 1. The SMILES string of the molecule is N.[Hg][c]1ccccc1. The first-order chi connectivity index (χ1) is 3.39. The van der Waals surface area contributed by atoms with Crippen LogP contribution in [-0.4, -0.2) is 0 Å². The van der Waals surface area contributed by atoms with Crippen LogP contribution in [0.3, 0.4) is 0 Å². The van der Waals surface area contributed by atoms with Crippen molar-refractivity contribution in [3.05, 3.63) is 30.3 Å². The summed E-state index contributed by atoms with van der Waals surface area (Å²) in [6, 6.07) is 10.6. The fraction of sp³-hybridized carbons (Fsp3) is 0. The van der Waals surface area contributed by atoms with Gasteiger partial charge in [0.2, 0.25) is 0 Å². The van der Waals surface area contributed by atoms with Gasteiger partial charge in [0.05, 0.1) is 0 Å². The van der Waals surface area contributed by atoms with Crippen LogP contribution in [0.5, 0.6) is 0 Å². The first-order valence-electron chi connectivity index (χ1n) is 2.26. The molecule has 39 valence electrons. The van der Waals surface area contributed by atoms with E-state index in [0.29, 0.717) is 0 Å². The Bertz CT molecular complexity index is 138. The summed E-state index contributed by atoms with van der Waals surface area (Å²) in [4.78, 5) is 0. The average Bonchev–Trinajstić information content (AvgIpc) is 1.69. The molecule has 0 aromatic heterocycles. The van der Waals surface area contributed by atoms with E-state index in [0.717, 1.165) is 26.1 Å². The molecule has 1 aromatic carbocycles. The summed E-state index contributed by atoms with van der Waals surface area (Å²) in [5.74, 6) is 0. The van der Waals surface area contributed by atoms with E-state index in [1.165, 1.54) is 3.07 Å². The molecule has 0 bridgehead atoms. The summed E-state index contributed by atoms with van der Waals surface area (Å²) in [6.45, 7) is 0. The molecule has 0 amide bonds. The number of hydrogen-bond donors (Lipinski definition) is 1. The first-order valence-corrected chi connectivity index (χ1v) is 5.01. The summed E-state index contributed by atoms with van der Waals surface area (Å²) in [7, 11) is 0. The van der Waals surface area contributed by atoms with Gasteiger partial charge in [0.25, 0.3) is 0 Å². The maximum absolute atomic E-state index is 2.17. The van der Waals surface area contributed by atoms with Crippen molar-refractivity contribution in [3.63, 3.8) is 0 Å². The molecular formula is C6H8HgN. The van der Waals surface area contributed by atoms with E-state index in [1.54, 1.807) is 0 Å². The van der Waals surface area contributed by atoms with Crippen molar-refractivity contribution >= 4 is 3.07 Å². The standard InChI is InChI=1S/C6H5.Hg.H3N/c1-2-4-6-5-3-1;;/h1-5H;;1H3. The Morgan fingerprint density at radius 3 is 1.75 bits per heavy atom. The second-order valence-corrected chi connectivity index (χ2v) is 4.66. The van der Waals surface area contributed by atoms with Gasteiger partial charge in [0.15, 0.2) is 0 Å². The predicted octanol–water partition coefficient (Wildman–Crippen LogP) is 1.02. The summed E-state index contributed by atoms with van der Waals surface area (Å²) >= 11 is 0.810. The average molecular weight is 295 g/mol. The van der Waals surface area contributed by atoms with Crippen LogP contribution < -0.4 is 9.22 Å². The third-order valence-corrected chi connectivity index (χ3v) is 2.68. The molecule has 8 heavy (non-hydrogen) atoms. The number of benzene rings is 1. The minimum atomic E-state index is 0. The molecule has 1 aromatic rings. The van der Waals surface area contributed by atoms with Gasteiger partial charge in [-0.3, -0.25) is 0 Å². The molecule has 0 aliphatic rings. The predicted molar refractivity (Wildman–Crippen MR) is 31.1 cm³/mol. The molecule has 0 heterocycles. The molecule has 0 saturated carbocycles. The van der Waals surface area contributed by atoms with Gasteiger partial charge < -0.3 is 6.15 Å². The van der Waals surface area contributed by atoms with Gasteiger partial charge in [-0.25, -0.2) is 0 Å². The Kier molecular flexibility index (Phi) is 4.10. The zero-order chi connectivity index (χ0) is 5.11. The third-order valence-electron chi connectivity index (χ3n) is 0.843. The maximum atomic E-state index is 2.17. The summed E-state index contributed by atoms with van der Waals surface area (Å²) in [6.07, 6.45) is 0. The van der Waals surface area contributed by atoms with Crippen LogP contribution in [0.25, 0.3) is 0 Å². The molecule has 0 aliphatic carbocycles. The normalized spacial score (nSPS) is 7.75. The zero-order valence-corrected chi connectivity index (χ0v) is 10.3. The van der Waals surface area contributed by atoms with Gasteiger partial charge >= 0.3 is 59.5 Å². The van der Waals surface area contributed by atoms with E-state index < -0.39 is 0 Å². The van der Waals surface area contributed by atoms with Crippen LogP contribution in [0.2, 0.25) is 0 Å². The monoisotopic (exact) mass is 296 g/mol. The van der Waals surface area contributed by atoms with Crippen LogP contribution in [0.15, 0.2) is 30.3 Å². The van der Waals surface area contributed by atoms with E-state index in [4.69, 9.17) is 0 Å². The van der Waals surface area contributed by atoms with Gasteiger partial charge in [-0.05, 0) is 0 Å². The molecule has 0 atom stereocenters. The van der Waals surface area contributed by atoms with Crippen LogP contribution in [0, 0.1) is 0 Å². The van der Waals surface area contributed by atoms with E-state index in [-0.39, 0.29) is 6.15 Å². The Morgan fingerprint density at radius 2 is 1.50 bits per heavy atom. The van der Waals surface area contributed by atoms with E-state index in [2.05, 4.69) is 30.3 Å². The molecule has 0 radical (unpaired) electrons. The second-order valence-electron chi connectivity index (χ2n) is 1.49. The topological polar surface area (TPSA) is 35.0 Å². The summed E-state index contributed by atoms with van der Waals surface area (Å²) in [5, 5.41) is 0. The van der Waals surface area contributed by atoms with Crippen LogP contribution >= 0.6 is 0 Å². The molecule has 1 nitrogen and oxygen atoms in total. The van der Waals surface area contributed by atoms with Crippen molar-refractivity contribution in [2.24, 2.45) is 0 Å². The minimum absolute atomic E-state index is 0. The second kappa shape index (κ2) is 4.04. The van der Waals surface area contributed by atoms with Crippen molar-refractivity contribution in [1.82, 2.24) is 6.15 Å². The molecular weight excluding hydrogens is 287 g/mol. The molecule has 0 spiro atoms. The van der Waals surface area contributed by atoms with Crippen molar-refractivity contribution in [1.29, 1.82) is 0 Å². The Morgan fingerprint density at radius 1 is 1.00 bits per heavy atom. The molecule has 0 aliphatic heterocycles. The van der Waals surface area contributed by atoms with Crippen LogP contribution in [-0.2, 0) is 26.1 Å². The van der Waals surface area contributed by atoms with Gasteiger partial charge in [0.1, 0.15) is 0 Å². The van der Waals surface area contributed by atoms with Gasteiger partial charge in [-0.15, -0.1) is 0 Å². The quantitative estimate of drug-likeness (QED) is 0.713. The Hall–Kier alpha value is 0.115. The van der Waals surface area contributed by atoms with Crippen LogP contribution in [0.1, 0.15) is 0 Å². The molecule has 1 rings (SSSR count). The van der Waals surface area contributed by atoms with E-state index >= 15 is 0 Å². The fourth-order valence-corrected chi connectivity index (χ4v) is 1.54. The van der Waals surface area contributed by atoms with Crippen molar-refractivity contribution in [3.8, 4) is 0 Å². The Balaban J connectivity index is 0.000000490. The number of rotatable bonds is 0. The summed E-state index contributed by atoms with van der Waals surface area (Å²) in [5.41, 5.74) is 0. The third kappa shape index (κ3) is 2.43. The fourth-order valence-electron chi connectivity index (χ4n) is 0.478.